The number of fused-ring (bicyclic) bond motifs is 1. The molecule has 2 aliphatic rings. The van der Waals surface area contributed by atoms with Crippen LogP contribution < -0.4 is 4.90 Å². The maximum absolute atomic E-state index is 4.92. The average molecular weight is 368 g/mol. The van der Waals surface area contributed by atoms with Crippen molar-refractivity contribution in [3.05, 3.63) is 30.6 Å². The lowest BCUT2D eigenvalue weighted by Gasteiger charge is -2.32. The predicted octanol–water partition coefficient (Wildman–Crippen LogP) is 3.76. The van der Waals surface area contributed by atoms with Gasteiger partial charge >= 0.3 is 0 Å². The minimum Gasteiger partial charge on any atom is -0.346 e. The molecule has 136 valence electrons. The number of hydrogen-bond donors (Lipinski definition) is 0. The molecule has 5 nitrogen and oxygen atoms in total. The zero-order valence-electron chi connectivity index (χ0n) is 15.3. The second kappa shape index (κ2) is 6.67. The van der Waals surface area contributed by atoms with E-state index >= 15 is 0 Å². The van der Waals surface area contributed by atoms with E-state index in [0.717, 1.165) is 24.2 Å². The summed E-state index contributed by atoms with van der Waals surface area (Å²) in [4.78, 5) is 10.1. The number of aryl methyl sites for hydroxylation is 1. The minimum absolute atomic E-state index is 0.716. The van der Waals surface area contributed by atoms with Crippen LogP contribution in [-0.4, -0.2) is 51.9 Å². The Bertz CT molecular complexity index is 908. The summed E-state index contributed by atoms with van der Waals surface area (Å²) in [5.41, 5.74) is 3.49. The van der Waals surface area contributed by atoms with Crippen molar-refractivity contribution in [2.24, 2.45) is 7.05 Å². The predicted molar refractivity (Wildman–Crippen MR) is 108 cm³/mol. The van der Waals surface area contributed by atoms with E-state index in [1.165, 1.54) is 54.2 Å². The molecule has 0 aliphatic carbocycles. The average Bonchev–Trinajstić information content (AvgIpc) is 3.40. The van der Waals surface area contributed by atoms with Crippen molar-refractivity contribution < 1.29 is 0 Å². The molecule has 0 saturated carbocycles. The Labute approximate surface area is 158 Å². The van der Waals surface area contributed by atoms with E-state index < -0.39 is 0 Å². The van der Waals surface area contributed by atoms with Crippen LogP contribution in [0, 0.1) is 0 Å². The van der Waals surface area contributed by atoms with E-state index in [0.29, 0.717) is 6.04 Å². The van der Waals surface area contributed by atoms with Gasteiger partial charge in [-0.05, 0) is 50.0 Å². The number of piperidine rings is 1. The summed E-state index contributed by atoms with van der Waals surface area (Å²) in [5.74, 6) is 0. The van der Waals surface area contributed by atoms with Gasteiger partial charge in [0, 0.05) is 37.9 Å². The molecular weight excluding hydrogens is 342 g/mol. The number of thiazole rings is 1. The highest BCUT2D eigenvalue weighted by Gasteiger charge is 2.29. The molecule has 0 amide bonds. The first-order chi connectivity index (χ1) is 12.8. The fourth-order valence-corrected chi connectivity index (χ4v) is 5.33. The molecule has 0 N–H and O–H groups in total. The SMILES string of the molecule is Cn1cc(-c2ccc3nc(N4CCC(N5CCCCC5)C4)sc3c2)cn1. The summed E-state index contributed by atoms with van der Waals surface area (Å²) < 4.78 is 3.12. The van der Waals surface area contributed by atoms with Gasteiger partial charge in [-0.1, -0.05) is 23.8 Å². The van der Waals surface area contributed by atoms with Crippen LogP contribution in [0.25, 0.3) is 21.3 Å². The van der Waals surface area contributed by atoms with Crippen LogP contribution in [0.5, 0.6) is 0 Å². The summed E-state index contributed by atoms with van der Waals surface area (Å²) in [6.45, 7) is 4.84. The molecule has 0 radical (unpaired) electrons. The van der Waals surface area contributed by atoms with E-state index in [2.05, 4.69) is 39.3 Å². The van der Waals surface area contributed by atoms with Crippen LogP contribution >= 0.6 is 11.3 Å². The quantitative estimate of drug-likeness (QED) is 0.706. The van der Waals surface area contributed by atoms with Gasteiger partial charge in [0.05, 0.1) is 16.4 Å². The van der Waals surface area contributed by atoms with E-state index in [1.54, 1.807) is 0 Å². The van der Waals surface area contributed by atoms with Crippen molar-refractivity contribution in [1.29, 1.82) is 0 Å². The molecule has 0 spiro atoms. The number of anilines is 1. The van der Waals surface area contributed by atoms with Crippen LogP contribution in [0.2, 0.25) is 0 Å². The fourth-order valence-electron chi connectivity index (χ4n) is 4.29. The van der Waals surface area contributed by atoms with Crippen LogP contribution in [0.15, 0.2) is 30.6 Å². The number of hydrogen-bond acceptors (Lipinski definition) is 5. The Kier molecular flexibility index (Phi) is 4.17. The lowest BCUT2D eigenvalue weighted by Crippen LogP contribution is -2.40. The Morgan fingerprint density at radius 1 is 1.08 bits per heavy atom. The molecule has 1 unspecified atom stereocenters. The Morgan fingerprint density at radius 3 is 2.77 bits per heavy atom. The minimum atomic E-state index is 0.716. The number of nitrogens with zero attached hydrogens (tertiary/aromatic N) is 5. The monoisotopic (exact) mass is 367 g/mol. The second-order valence-corrected chi connectivity index (χ2v) is 8.58. The van der Waals surface area contributed by atoms with Crippen LogP contribution in [-0.2, 0) is 7.05 Å². The van der Waals surface area contributed by atoms with Gasteiger partial charge in [-0.25, -0.2) is 4.98 Å². The van der Waals surface area contributed by atoms with E-state index in [-0.39, 0.29) is 0 Å². The maximum atomic E-state index is 4.92. The molecule has 5 rings (SSSR count). The third kappa shape index (κ3) is 3.01. The Balaban J connectivity index is 1.36. The summed E-state index contributed by atoms with van der Waals surface area (Å²) in [7, 11) is 1.96. The third-order valence-electron chi connectivity index (χ3n) is 5.76. The fraction of sp³-hybridized carbons (Fsp3) is 0.500. The zero-order chi connectivity index (χ0) is 17.5. The van der Waals surface area contributed by atoms with Gasteiger partial charge in [-0.2, -0.15) is 5.10 Å². The lowest BCUT2D eigenvalue weighted by atomic mass is 10.1. The molecule has 2 aromatic heterocycles. The van der Waals surface area contributed by atoms with Crippen molar-refractivity contribution in [3.8, 4) is 11.1 Å². The van der Waals surface area contributed by atoms with Crippen molar-refractivity contribution in [3.63, 3.8) is 0 Å². The molecule has 2 saturated heterocycles. The van der Waals surface area contributed by atoms with Crippen molar-refractivity contribution in [2.75, 3.05) is 31.1 Å². The lowest BCUT2D eigenvalue weighted by molar-refractivity contribution is 0.175. The Morgan fingerprint density at radius 2 is 1.96 bits per heavy atom. The second-order valence-electron chi connectivity index (χ2n) is 7.57. The first-order valence-corrected chi connectivity index (χ1v) is 10.5. The van der Waals surface area contributed by atoms with E-state index in [1.807, 2.05) is 29.3 Å². The van der Waals surface area contributed by atoms with Crippen molar-refractivity contribution in [2.45, 2.75) is 31.7 Å². The number of likely N-dealkylation sites (tertiary alicyclic amines) is 1. The van der Waals surface area contributed by atoms with Gasteiger partial charge in [0.2, 0.25) is 0 Å². The van der Waals surface area contributed by atoms with Gasteiger partial charge in [-0.15, -0.1) is 0 Å². The van der Waals surface area contributed by atoms with E-state index in [4.69, 9.17) is 4.98 Å². The summed E-state index contributed by atoms with van der Waals surface area (Å²) in [6, 6.07) is 7.28. The van der Waals surface area contributed by atoms with E-state index in [9.17, 15) is 0 Å². The van der Waals surface area contributed by atoms with Gasteiger partial charge in [0.15, 0.2) is 5.13 Å². The normalized spacial score (nSPS) is 21.7. The summed E-state index contributed by atoms with van der Waals surface area (Å²) in [5, 5.41) is 5.47. The molecule has 1 atom stereocenters. The molecule has 3 aromatic rings. The van der Waals surface area contributed by atoms with Gasteiger partial charge in [0.1, 0.15) is 0 Å². The van der Waals surface area contributed by atoms with Crippen LogP contribution in [0.1, 0.15) is 25.7 Å². The highest BCUT2D eigenvalue weighted by molar-refractivity contribution is 7.22. The summed E-state index contributed by atoms with van der Waals surface area (Å²) >= 11 is 1.83. The highest BCUT2D eigenvalue weighted by atomic mass is 32.1. The van der Waals surface area contributed by atoms with Crippen molar-refractivity contribution >= 4 is 26.7 Å². The van der Waals surface area contributed by atoms with Crippen molar-refractivity contribution in [1.82, 2.24) is 19.7 Å². The third-order valence-corrected chi connectivity index (χ3v) is 6.84. The van der Waals surface area contributed by atoms with Gasteiger partial charge < -0.3 is 4.90 Å². The van der Waals surface area contributed by atoms with Crippen LogP contribution in [0.4, 0.5) is 5.13 Å². The van der Waals surface area contributed by atoms with Gasteiger partial charge in [0.25, 0.3) is 0 Å². The summed E-state index contributed by atoms with van der Waals surface area (Å²) in [6.07, 6.45) is 9.41. The molecule has 26 heavy (non-hydrogen) atoms. The molecule has 2 aliphatic heterocycles. The molecule has 6 heteroatoms. The number of benzene rings is 1. The molecule has 2 fully saturated rings. The molecule has 1 aromatic carbocycles. The topological polar surface area (TPSA) is 37.2 Å². The molecular formula is C20H25N5S. The van der Waals surface area contributed by atoms with Gasteiger partial charge in [-0.3, -0.25) is 9.58 Å². The molecule has 0 bridgehead atoms. The largest absolute Gasteiger partial charge is 0.346 e. The zero-order valence-corrected chi connectivity index (χ0v) is 16.1. The number of rotatable bonds is 3. The smallest absolute Gasteiger partial charge is 0.186 e. The standard InChI is InChI=1S/C20H25N5S/c1-23-13-16(12-21-23)15-5-6-18-19(11-15)26-20(22-18)25-10-7-17(14-25)24-8-3-2-4-9-24/h5-6,11-13,17H,2-4,7-10,14H2,1H3. The highest BCUT2D eigenvalue weighted by Crippen LogP contribution is 2.34. The number of aromatic nitrogens is 3. The van der Waals surface area contributed by atoms with Crippen LogP contribution in [0.3, 0.4) is 0 Å². The maximum Gasteiger partial charge on any atom is 0.186 e. The molecule has 4 heterocycles. The first-order valence-electron chi connectivity index (χ1n) is 9.65. The first kappa shape index (κ1) is 16.3. The Hall–Kier alpha value is -1.92.